The fourth-order valence-corrected chi connectivity index (χ4v) is 4.19. The number of benzene rings is 1. The van der Waals surface area contributed by atoms with Crippen molar-refractivity contribution < 1.29 is 18.6 Å². The van der Waals surface area contributed by atoms with Crippen LogP contribution in [-0.2, 0) is 10.8 Å². The molecule has 1 aromatic carbocycles. The van der Waals surface area contributed by atoms with Gasteiger partial charge >= 0.3 is 6.11 Å². The standard InChI is InChI=1S/C25H38F2O2/c1-8-9-10-17-11-13-18(14-12-17)25(26,27)29-19-15-20(23(2,3)4)22(28)21(16-19)24(5,6)7/h8,15-18,28H,1,9-14H2,2-7H3. The van der Waals surface area contributed by atoms with Crippen LogP contribution >= 0.6 is 0 Å². The van der Waals surface area contributed by atoms with E-state index in [-0.39, 0.29) is 22.3 Å². The van der Waals surface area contributed by atoms with E-state index in [1.165, 1.54) is 0 Å². The lowest BCUT2D eigenvalue weighted by Crippen LogP contribution is -2.37. The summed E-state index contributed by atoms with van der Waals surface area (Å²) in [5.41, 5.74) is 0.483. The number of aromatic hydroxyl groups is 1. The van der Waals surface area contributed by atoms with Crippen LogP contribution in [0.3, 0.4) is 0 Å². The number of alkyl halides is 2. The van der Waals surface area contributed by atoms with E-state index in [9.17, 15) is 5.11 Å². The molecule has 1 saturated carbocycles. The summed E-state index contributed by atoms with van der Waals surface area (Å²) in [6.07, 6.45) is 3.24. The Labute approximate surface area is 175 Å². The number of phenols is 1. The van der Waals surface area contributed by atoms with Crippen molar-refractivity contribution in [1.29, 1.82) is 0 Å². The number of rotatable bonds is 6. The summed E-state index contributed by atoms with van der Waals surface area (Å²) < 4.78 is 35.4. The van der Waals surface area contributed by atoms with Crippen LogP contribution < -0.4 is 4.74 Å². The van der Waals surface area contributed by atoms with Gasteiger partial charge < -0.3 is 9.84 Å². The molecular weight excluding hydrogens is 370 g/mol. The molecule has 1 aliphatic carbocycles. The summed E-state index contributed by atoms with van der Waals surface area (Å²) in [7, 11) is 0. The van der Waals surface area contributed by atoms with Crippen LogP contribution in [0.1, 0.15) is 91.2 Å². The molecule has 1 aromatic rings. The SMILES string of the molecule is C=CCCC1CCC(C(F)(F)Oc2cc(C(C)(C)C)c(O)c(C(C)(C)C)c2)CC1. The van der Waals surface area contributed by atoms with Gasteiger partial charge in [0.15, 0.2) is 0 Å². The summed E-state index contributed by atoms with van der Waals surface area (Å²) in [6.45, 7) is 15.5. The van der Waals surface area contributed by atoms with Crippen molar-refractivity contribution in [3.63, 3.8) is 0 Å². The van der Waals surface area contributed by atoms with Gasteiger partial charge in [0.1, 0.15) is 11.5 Å². The molecule has 2 rings (SSSR count). The maximum atomic E-state index is 15.0. The smallest absolute Gasteiger partial charge is 0.400 e. The first kappa shape index (κ1) is 23.7. The predicted octanol–water partition coefficient (Wildman–Crippen LogP) is 7.73. The number of phenolic OH excluding ortho intramolecular Hbond substituents is 1. The minimum atomic E-state index is -3.22. The first-order valence-electron chi connectivity index (χ1n) is 10.8. The highest BCUT2D eigenvalue weighted by atomic mass is 19.3. The second-order valence-corrected chi connectivity index (χ2v) is 10.6. The van der Waals surface area contributed by atoms with Gasteiger partial charge in [-0.15, -0.1) is 6.58 Å². The van der Waals surface area contributed by atoms with E-state index in [0.29, 0.717) is 29.9 Å². The Morgan fingerprint density at radius 3 is 1.90 bits per heavy atom. The molecule has 0 saturated heterocycles. The normalized spacial score (nSPS) is 21.1. The lowest BCUT2D eigenvalue weighted by atomic mass is 9.79. The Morgan fingerprint density at radius 2 is 1.48 bits per heavy atom. The van der Waals surface area contributed by atoms with E-state index >= 15 is 8.78 Å². The fraction of sp³-hybridized carbons (Fsp3) is 0.680. The average Bonchev–Trinajstić information content (AvgIpc) is 2.59. The molecule has 0 aliphatic heterocycles. The van der Waals surface area contributed by atoms with E-state index in [4.69, 9.17) is 4.74 Å². The molecule has 164 valence electrons. The molecule has 0 radical (unpaired) electrons. The van der Waals surface area contributed by atoms with Gasteiger partial charge in [0, 0.05) is 11.1 Å². The molecule has 0 atom stereocenters. The fourth-order valence-electron chi connectivity index (χ4n) is 4.19. The molecule has 0 unspecified atom stereocenters. The van der Waals surface area contributed by atoms with Gasteiger partial charge in [0.2, 0.25) is 0 Å². The molecule has 2 nitrogen and oxygen atoms in total. The first-order chi connectivity index (χ1) is 13.3. The molecular formula is C25H38F2O2. The third-order valence-corrected chi connectivity index (χ3v) is 6.05. The lowest BCUT2D eigenvalue weighted by molar-refractivity contribution is -0.223. The Morgan fingerprint density at radius 1 is 1.00 bits per heavy atom. The Bertz CT molecular complexity index is 668. The average molecular weight is 409 g/mol. The Kier molecular flexibility index (Phi) is 7.07. The lowest BCUT2D eigenvalue weighted by Gasteiger charge is -2.34. The number of hydrogen-bond acceptors (Lipinski definition) is 2. The number of hydrogen-bond donors (Lipinski definition) is 1. The van der Waals surface area contributed by atoms with Crippen molar-refractivity contribution in [1.82, 2.24) is 0 Å². The van der Waals surface area contributed by atoms with Crippen molar-refractivity contribution in [3.05, 3.63) is 35.9 Å². The third-order valence-electron chi connectivity index (χ3n) is 6.05. The number of allylic oxidation sites excluding steroid dienone is 1. The van der Waals surface area contributed by atoms with Crippen molar-refractivity contribution in [3.8, 4) is 11.5 Å². The van der Waals surface area contributed by atoms with Crippen LogP contribution in [0, 0.1) is 11.8 Å². The van der Waals surface area contributed by atoms with E-state index in [1.807, 2.05) is 47.6 Å². The van der Waals surface area contributed by atoms with Gasteiger partial charge in [-0.25, -0.2) is 0 Å². The van der Waals surface area contributed by atoms with E-state index in [0.717, 1.165) is 25.7 Å². The van der Waals surface area contributed by atoms with Crippen LogP contribution in [0.2, 0.25) is 0 Å². The molecule has 0 spiro atoms. The Balaban J connectivity index is 2.25. The third kappa shape index (κ3) is 5.96. The summed E-state index contributed by atoms with van der Waals surface area (Å²) in [5.74, 6) is 0.0426. The maximum absolute atomic E-state index is 15.0. The quantitative estimate of drug-likeness (QED) is 0.488. The summed E-state index contributed by atoms with van der Waals surface area (Å²) in [4.78, 5) is 0. The van der Waals surface area contributed by atoms with Gasteiger partial charge in [0.05, 0.1) is 5.92 Å². The topological polar surface area (TPSA) is 29.5 Å². The van der Waals surface area contributed by atoms with Crippen molar-refractivity contribution in [2.75, 3.05) is 0 Å². The highest BCUT2D eigenvalue weighted by Crippen LogP contribution is 2.45. The largest absolute Gasteiger partial charge is 0.507 e. The molecule has 29 heavy (non-hydrogen) atoms. The summed E-state index contributed by atoms with van der Waals surface area (Å²) >= 11 is 0. The van der Waals surface area contributed by atoms with Crippen LogP contribution in [0.5, 0.6) is 11.5 Å². The van der Waals surface area contributed by atoms with Crippen LogP contribution in [0.15, 0.2) is 24.8 Å². The predicted molar refractivity (Wildman–Crippen MR) is 116 cm³/mol. The molecule has 1 N–H and O–H groups in total. The maximum Gasteiger partial charge on any atom is 0.400 e. The summed E-state index contributed by atoms with van der Waals surface area (Å²) in [6, 6.07) is 3.16. The van der Waals surface area contributed by atoms with E-state index in [2.05, 4.69) is 6.58 Å². The minimum absolute atomic E-state index is 0.136. The number of ether oxygens (including phenoxy) is 1. The summed E-state index contributed by atoms with van der Waals surface area (Å²) in [5, 5.41) is 10.8. The zero-order valence-corrected chi connectivity index (χ0v) is 18.9. The highest BCUT2D eigenvalue weighted by Gasteiger charge is 2.44. The van der Waals surface area contributed by atoms with Crippen LogP contribution in [0.4, 0.5) is 8.78 Å². The van der Waals surface area contributed by atoms with Crippen molar-refractivity contribution >= 4 is 0 Å². The molecule has 4 heteroatoms. The molecule has 0 aromatic heterocycles. The van der Waals surface area contributed by atoms with Crippen molar-refractivity contribution in [2.24, 2.45) is 11.8 Å². The van der Waals surface area contributed by atoms with Gasteiger partial charge in [-0.2, -0.15) is 8.78 Å². The molecule has 1 fully saturated rings. The zero-order valence-electron chi connectivity index (χ0n) is 18.9. The Hall–Kier alpha value is -1.58. The van der Waals surface area contributed by atoms with Gasteiger partial charge in [-0.3, -0.25) is 0 Å². The first-order valence-corrected chi connectivity index (χ1v) is 10.8. The number of halogens is 2. The van der Waals surface area contributed by atoms with Gasteiger partial charge in [-0.1, -0.05) is 47.6 Å². The minimum Gasteiger partial charge on any atom is -0.507 e. The van der Waals surface area contributed by atoms with Crippen LogP contribution in [-0.4, -0.2) is 11.2 Å². The second kappa shape index (κ2) is 8.65. The second-order valence-electron chi connectivity index (χ2n) is 10.6. The van der Waals surface area contributed by atoms with Gasteiger partial charge in [-0.05, 0) is 67.4 Å². The highest BCUT2D eigenvalue weighted by molar-refractivity contribution is 5.52. The molecule has 0 heterocycles. The molecule has 0 bridgehead atoms. The van der Waals surface area contributed by atoms with E-state index < -0.39 is 12.0 Å². The molecule has 0 amide bonds. The van der Waals surface area contributed by atoms with Crippen molar-refractivity contribution in [2.45, 2.75) is 97.0 Å². The van der Waals surface area contributed by atoms with E-state index in [1.54, 1.807) is 12.1 Å². The molecule has 1 aliphatic rings. The zero-order chi connectivity index (χ0) is 22.0. The van der Waals surface area contributed by atoms with Gasteiger partial charge in [0.25, 0.3) is 0 Å². The monoisotopic (exact) mass is 408 g/mol. The van der Waals surface area contributed by atoms with Crippen LogP contribution in [0.25, 0.3) is 0 Å².